The Morgan fingerprint density at radius 3 is 2.94 bits per heavy atom. The maximum absolute atomic E-state index is 8.73. The highest BCUT2D eigenvalue weighted by molar-refractivity contribution is 7.98. The summed E-state index contributed by atoms with van der Waals surface area (Å²) in [4.78, 5) is 4.21. The summed E-state index contributed by atoms with van der Waals surface area (Å²) in [5.41, 5.74) is 8.15. The number of nitrogens with two attached hydrogens (primary N) is 1. The number of hydrogen-bond acceptors (Lipinski definition) is 5. The molecule has 94 valence electrons. The van der Waals surface area contributed by atoms with E-state index in [1.165, 1.54) is 11.8 Å². The maximum Gasteiger partial charge on any atom is 0.256 e. The number of benzene rings is 1. The molecule has 0 aliphatic carbocycles. The normalized spacial score (nSPS) is 11.7. The van der Waals surface area contributed by atoms with Gasteiger partial charge in [-0.05, 0) is 12.5 Å². The first-order chi connectivity index (χ1) is 8.70. The van der Waals surface area contributed by atoms with Crippen molar-refractivity contribution in [3.63, 3.8) is 0 Å². The lowest BCUT2D eigenvalue weighted by molar-refractivity contribution is 0.318. The third-order valence-electron chi connectivity index (χ3n) is 2.35. The highest BCUT2D eigenvalue weighted by atomic mass is 32.2. The maximum atomic E-state index is 8.73. The second-order valence-electron chi connectivity index (χ2n) is 3.69. The lowest BCUT2D eigenvalue weighted by Gasteiger charge is -2.06. The van der Waals surface area contributed by atoms with Gasteiger partial charge in [0, 0.05) is 11.3 Å². The molecule has 6 heteroatoms. The van der Waals surface area contributed by atoms with Crippen LogP contribution < -0.4 is 5.73 Å². The van der Waals surface area contributed by atoms with Gasteiger partial charge in [-0.15, -0.1) is 0 Å². The molecule has 2 aromatic rings. The number of aromatic nitrogens is 1. The number of nitrogens with zero attached hydrogens (tertiary/aromatic N) is 2. The monoisotopic (exact) mass is 263 g/mol. The lowest BCUT2D eigenvalue weighted by atomic mass is 10.1. The fourth-order valence-corrected chi connectivity index (χ4v) is 2.34. The molecule has 0 atom stereocenters. The van der Waals surface area contributed by atoms with E-state index in [0.717, 1.165) is 16.8 Å². The largest absolute Gasteiger partial charge is 0.440 e. The van der Waals surface area contributed by atoms with Gasteiger partial charge in [-0.1, -0.05) is 41.2 Å². The summed E-state index contributed by atoms with van der Waals surface area (Å²) >= 11 is 1.47. The SMILES string of the molecule is Cc1coc(SCc2ccccc2/C(N)=N/O)n1. The minimum atomic E-state index is 0.106. The standard InChI is InChI=1S/C12H13N3O2S/c1-8-6-17-12(14-8)18-7-9-4-2-3-5-10(9)11(13)15-16/h2-6,16H,7H2,1H3,(H2,13,15). The number of hydrogen-bond donors (Lipinski definition) is 2. The zero-order chi connectivity index (χ0) is 13.0. The van der Waals surface area contributed by atoms with Crippen LogP contribution in [0.25, 0.3) is 0 Å². The molecule has 1 aromatic heterocycles. The van der Waals surface area contributed by atoms with Crippen molar-refractivity contribution in [2.24, 2.45) is 10.9 Å². The van der Waals surface area contributed by atoms with E-state index in [1.54, 1.807) is 6.26 Å². The predicted octanol–water partition coefficient (Wildman–Crippen LogP) is 2.37. The Labute approximate surface area is 109 Å². The molecule has 0 unspecified atom stereocenters. The number of amidine groups is 1. The number of oxime groups is 1. The van der Waals surface area contributed by atoms with Crippen molar-refractivity contribution >= 4 is 17.6 Å². The smallest absolute Gasteiger partial charge is 0.256 e. The Kier molecular flexibility index (Phi) is 3.88. The first kappa shape index (κ1) is 12.5. The van der Waals surface area contributed by atoms with E-state index in [-0.39, 0.29) is 5.84 Å². The quantitative estimate of drug-likeness (QED) is 0.291. The van der Waals surface area contributed by atoms with E-state index in [4.69, 9.17) is 15.4 Å². The van der Waals surface area contributed by atoms with Gasteiger partial charge < -0.3 is 15.4 Å². The third-order valence-corrected chi connectivity index (χ3v) is 3.24. The number of rotatable bonds is 4. The van der Waals surface area contributed by atoms with Crippen LogP contribution >= 0.6 is 11.8 Å². The van der Waals surface area contributed by atoms with Crippen molar-refractivity contribution in [1.82, 2.24) is 4.98 Å². The summed E-state index contributed by atoms with van der Waals surface area (Å²) in [6.07, 6.45) is 1.61. The minimum absolute atomic E-state index is 0.106. The summed E-state index contributed by atoms with van der Waals surface area (Å²) in [7, 11) is 0. The minimum Gasteiger partial charge on any atom is -0.440 e. The van der Waals surface area contributed by atoms with E-state index in [9.17, 15) is 0 Å². The van der Waals surface area contributed by atoms with Gasteiger partial charge >= 0.3 is 0 Å². The molecule has 0 saturated carbocycles. The van der Waals surface area contributed by atoms with E-state index in [2.05, 4.69) is 10.1 Å². The van der Waals surface area contributed by atoms with Crippen LogP contribution in [-0.2, 0) is 5.75 Å². The third kappa shape index (κ3) is 2.84. The Bertz CT molecular complexity index is 566. The Balaban J connectivity index is 2.14. The Morgan fingerprint density at radius 2 is 2.28 bits per heavy atom. The molecule has 0 radical (unpaired) electrons. The highest BCUT2D eigenvalue weighted by Gasteiger charge is 2.08. The van der Waals surface area contributed by atoms with Crippen LogP contribution in [0.3, 0.4) is 0 Å². The van der Waals surface area contributed by atoms with Crippen LogP contribution in [0.15, 0.2) is 45.3 Å². The summed E-state index contributed by atoms with van der Waals surface area (Å²) in [5, 5.41) is 12.4. The van der Waals surface area contributed by atoms with Crippen molar-refractivity contribution in [1.29, 1.82) is 0 Å². The fourth-order valence-electron chi connectivity index (χ4n) is 1.49. The molecule has 5 nitrogen and oxygen atoms in total. The van der Waals surface area contributed by atoms with Gasteiger partial charge in [0.05, 0.1) is 5.69 Å². The van der Waals surface area contributed by atoms with E-state index >= 15 is 0 Å². The first-order valence-electron chi connectivity index (χ1n) is 5.31. The summed E-state index contributed by atoms with van der Waals surface area (Å²) in [6, 6.07) is 7.49. The lowest BCUT2D eigenvalue weighted by Crippen LogP contribution is -2.15. The van der Waals surface area contributed by atoms with Gasteiger partial charge in [-0.25, -0.2) is 4.98 Å². The molecule has 3 N–H and O–H groups in total. The van der Waals surface area contributed by atoms with Crippen LogP contribution in [-0.4, -0.2) is 16.0 Å². The summed E-state index contributed by atoms with van der Waals surface area (Å²) < 4.78 is 5.25. The van der Waals surface area contributed by atoms with Crippen molar-refractivity contribution in [3.05, 3.63) is 47.3 Å². The topological polar surface area (TPSA) is 84.6 Å². The van der Waals surface area contributed by atoms with Gasteiger partial charge in [-0.3, -0.25) is 0 Å². The Hall–Kier alpha value is -1.95. The van der Waals surface area contributed by atoms with Gasteiger partial charge in [-0.2, -0.15) is 0 Å². The molecule has 0 fully saturated rings. The van der Waals surface area contributed by atoms with Gasteiger partial charge in [0.15, 0.2) is 5.84 Å². The molecule has 1 aromatic carbocycles. The average molecular weight is 263 g/mol. The van der Waals surface area contributed by atoms with Crippen molar-refractivity contribution < 1.29 is 9.62 Å². The van der Waals surface area contributed by atoms with Gasteiger partial charge in [0.25, 0.3) is 5.22 Å². The molecule has 1 heterocycles. The first-order valence-corrected chi connectivity index (χ1v) is 6.30. The number of oxazole rings is 1. The second kappa shape index (κ2) is 5.59. The number of thioether (sulfide) groups is 1. The van der Waals surface area contributed by atoms with E-state index in [1.807, 2.05) is 31.2 Å². The average Bonchev–Trinajstić information content (AvgIpc) is 2.81. The molecular weight excluding hydrogens is 250 g/mol. The van der Waals surface area contributed by atoms with Gasteiger partial charge in [0.1, 0.15) is 6.26 Å². The fraction of sp³-hybridized carbons (Fsp3) is 0.167. The highest BCUT2D eigenvalue weighted by Crippen LogP contribution is 2.23. The summed E-state index contributed by atoms with van der Waals surface area (Å²) in [5.74, 6) is 0.751. The van der Waals surface area contributed by atoms with Crippen molar-refractivity contribution in [3.8, 4) is 0 Å². The molecule has 2 rings (SSSR count). The molecular formula is C12H13N3O2S. The van der Waals surface area contributed by atoms with Crippen molar-refractivity contribution in [2.75, 3.05) is 0 Å². The van der Waals surface area contributed by atoms with Crippen LogP contribution in [0.2, 0.25) is 0 Å². The zero-order valence-corrected chi connectivity index (χ0v) is 10.6. The molecule has 0 spiro atoms. The molecule has 0 amide bonds. The van der Waals surface area contributed by atoms with Crippen molar-refractivity contribution in [2.45, 2.75) is 17.9 Å². The molecule has 18 heavy (non-hydrogen) atoms. The molecule has 0 aliphatic rings. The molecule has 0 bridgehead atoms. The van der Waals surface area contributed by atoms with Gasteiger partial charge in [0.2, 0.25) is 0 Å². The molecule has 0 aliphatic heterocycles. The number of aryl methyl sites for hydroxylation is 1. The predicted molar refractivity (Wildman–Crippen MR) is 69.8 cm³/mol. The second-order valence-corrected chi connectivity index (χ2v) is 4.61. The zero-order valence-electron chi connectivity index (χ0n) is 9.83. The Morgan fingerprint density at radius 1 is 1.50 bits per heavy atom. The van der Waals surface area contributed by atoms with Crippen LogP contribution in [0, 0.1) is 6.92 Å². The molecule has 0 saturated heterocycles. The summed E-state index contributed by atoms with van der Waals surface area (Å²) in [6.45, 7) is 1.87. The van der Waals surface area contributed by atoms with Crippen LogP contribution in [0.1, 0.15) is 16.8 Å². The van der Waals surface area contributed by atoms with E-state index in [0.29, 0.717) is 11.0 Å². The van der Waals surface area contributed by atoms with Crippen LogP contribution in [0.5, 0.6) is 0 Å². The van der Waals surface area contributed by atoms with Crippen LogP contribution in [0.4, 0.5) is 0 Å². The van der Waals surface area contributed by atoms with E-state index < -0.39 is 0 Å².